The fraction of sp³-hybridized carbons (Fsp3) is 0.250. The van der Waals surface area contributed by atoms with Crippen molar-refractivity contribution in [3.8, 4) is 0 Å². The van der Waals surface area contributed by atoms with Gasteiger partial charge in [0.2, 0.25) is 5.91 Å². The maximum atomic E-state index is 11.6. The van der Waals surface area contributed by atoms with Crippen LogP contribution in [0.3, 0.4) is 0 Å². The Balaban J connectivity index is 2.52. The lowest BCUT2D eigenvalue weighted by Gasteiger charge is -2.09. The zero-order chi connectivity index (χ0) is 14.4. The summed E-state index contributed by atoms with van der Waals surface area (Å²) in [4.78, 5) is 33.6. The van der Waals surface area contributed by atoms with Gasteiger partial charge in [0.25, 0.3) is 0 Å². The number of likely N-dealkylation sites (N-methyl/N-ethyl adjacent to an activating group) is 1. The molecule has 0 saturated heterocycles. The second-order valence-corrected chi connectivity index (χ2v) is 4.68. The van der Waals surface area contributed by atoms with E-state index in [1.807, 2.05) is 13.0 Å². The zero-order valence-corrected chi connectivity index (χ0v) is 12.1. The largest absolute Gasteiger partial charge is 0.351 e. The number of anilines is 1. The van der Waals surface area contributed by atoms with Crippen LogP contribution in [0.4, 0.5) is 5.69 Å². The van der Waals surface area contributed by atoms with Crippen LogP contribution >= 0.6 is 15.9 Å². The summed E-state index contributed by atoms with van der Waals surface area (Å²) in [7, 11) is 1.34. The molecule has 0 aliphatic carbocycles. The summed E-state index contributed by atoms with van der Waals surface area (Å²) < 4.78 is 0.913. The molecule has 0 bridgehead atoms. The van der Waals surface area contributed by atoms with Gasteiger partial charge in [-0.3, -0.25) is 14.4 Å². The molecule has 0 fully saturated rings. The maximum absolute atomic E-state index is 11.6. The Labute approximate surface area is 119 Å². The van der Waals surface area contributed by atoms with Crippen LogP contribution in [0.2, 0.25) is 0 Å². The van der Waals surface area contributed by atoms with E-state index >= 15 is 0 Å². The van der Waals surface area contributed by atoms with Crippen molar-refractivity contribution in [2.24, 2.45) is 0 Å². The van der Waals surface area contributed by atoms with Crippen LogP contribution in [0, 0.1) is 6.92 Å². The molecule has 6 nitrogen and oxygen atoms in total. The Morgan fingerprint density at radius 3 is 2.47 bits per heavy atom. The standard InChI is InChI=1S/C12H14BrN3O3/c1-7-5-8(13)3-4-9(7)16-10(17)6-15-12(19)11(18)14-2/h3-5H,6H2,1-2H3,(H,14,18)(H,15,19)(H,16,17). The topological polar surface area (TPSA) is 87.3 Å². The first-order valence-electron chi connectivity index (χ1n) is 5.50. The Bertz CT molecular complexity index is 517. The van der Waals surface area contributed by atoms with E-state index in [4.69, 9.17) is 0 Å². The van der Waals surface area contributed by atoms with Gasteiger partial charge < -0.3 is 16.0 Å². The monoisotopic (exact) mass is 327 g/mol. The quantitative estimate of drug-likeness (QED) is 0.709. The summed E-state index contributed by atoms with van der Waals surface area (Å²) in [5.74, 6) is -2.03. The number of amides is 3. The van der Waals surface area contributed by atoms with Gasteiger partial charge in [0.15, 0.2) is 0 Å². The molecule has 102 valence electrons. The van der Waals surface area contributed by atoms with Crippen molar-refractivity contribution in [2.45, 2.75) is 6.92 Å². The minimum Gasteiger partial charge on any atom is -0.351 e. The van der Waals surface area contributed by atoms with E-state index in [0.29, 0.717) is 5.69 Å². The molecule has 1 aromatic carbocycles. The molecule has 0 radical (unpaired) electrons. The molecule has 0 spiro atoms. The van der Waals surface area contributed by atoms with Gasteiger partial charge in [0, 0.05) is 17.2 Å². The summed E-state index contributed by atoms with van der Waals surface area (Å²) in [6.07, 6.45) is 0. The molecule has 3 amide bonds. The molecule has 0 aromatic heterocycles. The fourth-order valence-corrected chi connectivity index (χ4v) is 1.79. The molecule has 0 atom stereocenters. The third-order valence-electron chi connectivity index (χ3n) is 2.31. The molecule has 0 aliphatic rings. The summed E-state index contributed by atoms with van der Waals surface area (Å²) >= 11 is 3.32. The second-order valence-electron chi connectivity index (χ2n) is 3.77. The summed E-state index contributed by atoms with van der Waals surface area (Å²) in [5, 5.41) is 7.02. The Hall–Kier alpha value is -1.89. The maximum Gasteiger partial charge on any atom is 0.309 e. The summed E-state index contributed by atoms with van der Waals surface area (Å²) in [6, 6.07) is 5.41. The Kier molecular flexibility index (Phi) is 5.50. The van der Waals surface area contributed by atoms with Gasteiger partial charge in [0.1, 0.15) is 0 Å². The van der Waals surface area contributed by atoms with Crippen molar-refractivity contribution >= 4 is 39.3 Å². The van der Waals surface area contributed by atoms with Crippen LogP contribution in [-0.2, 0) is 14.4 Å². The van der Waals surface area contributed by atoms with Crippen molar-refractivity contribution in [1.82, 2.24) is 10.6 Å². The fourth-order valence-electron chi connectivity index (χ4n) is 1.32. The van der Waals surface area contributed by atoms with E-state index in [9.17, 15) is 14.4 Å². The highest BCUT2D eigenvalue weighted by molar-refractivity contribution is 9.10. The summed E-state index contributed by atoms with van der Waals surface area (Å²) in [6.45, 7) is 1.59. The minimum absolute atomic E-state index is 0.262. The second kappa shape index (κ2) is 6.89. The molecule has 0 heterocycles. The number of carbonyl (C=O) groups is 3. The third kappa shape index (κ3) is 4.70. The van der Waals surface area contributed by atoms with E-state index in [0.717, 1.165) is 10.0 Å². The first kappa shape index (κ1) is 15.2. The smallest absolute Gasteiger partial charge is 0.309 e. The van der Waals surface area contributed by atoms with Crippen molar-refractivity contribution in [2.75, 3.05) is 18.9 Å². The minimum atomic E-state index is -0.842. The van der Waals surface area contributed by atoms with E-state index in [1.165, 1.54) is 7.05 Å². The van der Waals surface area contributed by atoms with Gasteiger partial charge in [-0.05, 0) is 30.7 Å². The lowest BCUT2D eigenvalue weighted by Crippen LogP contribution is -2.41. The number of hydrogen-bond acceptors (Lipinski definition) is 3. The first-order valence-corrected chi connectivity index (χ1v) is 6.29. The highest BCUT2D eigenvalue weighted by Gasteiger charge is 2.12. The first-order chi connectivity index (χ1) is 8.93. The van der Waals surface area contributed by atoms with E-state index in [1.54, 1.807) is 12.1 Å². The Morgan fingerprint density at radius 1 is 1.21 bits per heavy atom. The number of hydrogen-bond donors (Lipinski definition) is 3. The van der Waals surface area contributed by atoms with Crippen LogP contribution in [0.25, 0.3) is 0 Å². The van der Waals surface area contributed by atoms with Gasteiger partial charge in [0.05, 0.1) is 6.54 Å². The van der Waals surface area contributed by atoms with Crippen molar-refractivity contribution in [3.63, 3.8) is 0 Å². The number of benzene rings is 1. The average Bonchev–Trinajstić information content (AvgIpc) is 2.38. The number of rotatable bonds is 3. The van der Waals surface area contributed by atoms with Crippen LogP contribution in [-0.4, -0.2) is 31.3 Å². The Morgan fingerprint density at radius 2 is 1.89 bits per heavy atom. The average molecular weight is 328 g/mol. The van der Waals surface area contributed by atoms with Crippen molar-refractivity contribution in [3.05, 3.63) is 28.2 Å². The zero-order valence-electron chi connectivity index (χ0n) is 10.5. The normalized spacial score (nSPS) is 9.63. The molecular weight excluding hydrogens is 314 g/mol. The summed E-state index contributed by atoms with van der Waals surface area (Å²) in [5.41, 5.74) is 1.54. The molecule has 0 saturated carbocycles. The van der Waals surface area contributed by atoms with Gasteiger partial charge >= 0.3 is 11.8 Å². The molecule has 19 heavy (non-hydrogen) atoms. The van der Waals surface area contributed by atoms with Crippen molar-refractivity contribution in [1.29, 1.82) is 0 Å². The molecule has 1 aromatic rings. The molecule has 1 rings (SSSR count). The highest BCUT2D eigenvalue weighted by atomic mass is 79.9. The number of carbonyl (C=O) groups excluding carboxylic acids is 3. The lowest BCUT2D eigenvalue weighted by molar-refractivity contribution is -0.139. The molecule has 0 aliphatic heterocycles. The van der Waals surface area contributed by atoms with Crippen LogP contribution in [0.15, 0.2) is 22.7 Å². The number of aryl methyl sites for hydroxylation is 1. The predicted octanol–water partition coefficient (Wildman–Crippen LogP) is 0.558. The van der Waals surface area contributed by atoms with E-state index in [-0.39, 0.29) is 6.54 Å². The van der Waals surface area contributed by atoms with Gasteiger partial charge in [-0.15, -0.1) is 0 Å². The predicted molar refractivity (Wildman–Crippen MR) is 74.6 cm³/mol. The van der Waals surface area contributed by atoms with Gasteiger partial charge in [-0.1, -0.05) is 15.9 Å². The van der Waals surface area contributed by atoms with Crippen molar-refractivity contribution < 1.29 is 14.4 Å². The molecule has 3 N–H and O–H groups in total. The number of halogens is 1. The third-order valence-corrected chi connectivity index (χ3v) is 2.80. The van der Waals surface area contributed by atoms with E-state index < -0.39 is 17.7 Å². The molecule has 7 heteroatoms. The number of nitrogens with one attached hydrogen (secondary N) is 3. The highest BCUT2D eigenvalue weighted by Crippen LogP contribution is 2.19. The molecule has 0 unspecified atom stereocenters. The SMILES string of the molecule is CNC(=O)C(=O)NCC(=O)Nc1ccc(Br)cc1C. The van der Waals surface area contributed by atoms with Crippen LogP contribution in [0.1, 0.15) is 5.56 Å². The molecular formula is C12H14BrN3O3. The van der Waals surface area contributed by atoms with Gasteiger partial charge in [-0.25, -0.2) is 0 Å². The van der Waals surface area contributed by atoms with E-state index in [2.05, 4.69) is 31.9 Å². The van der Waals surface area contributed by atoms with Gasteiger partial charge in [-0.2, -0.15) is 0 Å². The lowest BCUT2D eigenvalue weighted by atomic mass is 10.2. The van der Waals surface area contributed by atoms with Crippen LogP contribution in [0.5, 0.6) is 0 Å². The van der Waals surface area contributed by atoms with Crippen LogP contribution < -0.4 is 16.0 Å².